The first-order valence-corrected chi connectivity index (χ1v) is 8.46. The van der Waals surface area contributed by atoms with E-state index in [2.05, 4.69) is 16.2 Å². The highest BCUT2D eigenvalue weighted by Crippen LogP contribution is 2.04. The Hall–Kier alpha value is -3.15. The second-order valence-electron chi connectivity index (χ2n) is 6.26. The Morgan fingerprint density at radius 1 is 0.846 bits per heavy atom. The monoisotopic (exact) mass is 353 g/mol. The molecule has 3 N–H and O–H groups in total. The Labute approximate surface area is 153 Å². The molecule has 0 bridgehead atoms. The minimum atomic E-state index is -0.748. The molecule has 0 aliphatic rings. The summed E-state index contributed by atoms with van der Waals surface area (Å²) in [6.07, 6.45) is 0.188. The maximum atomic E-state index is 12.4. The maximum absolute atomic E-state index is 12.4. The topological polar surface area (TPSA) is 87.3 Å². The third-order valence-electron chi connectivity index (χ3n) is 3.81. The van der Waals surface area contributed by atoms with Gasteiger partial charge in [-0.05, 0) is 23.6 Å². The molecule has 0 heterocycles. The van der Waals surface area contributed by atoms with Crippen LogP contribution in [0, 0.1) is 5.92 Å². The summed E-state index contributed by atoms with van der Waals surface area (Å²) in [6, 6.07) is 17.1. The summed E-state index contributed by atoms with van der Waals surface area (Å²) in [5.41, 5.74) is 6.04. The first-order valence-electron chi connectivity index (χ1n) is 8.46. The number of hydrogen-bond donors (Lipinski definition) is 3. The van der Waals surface area contributed by atoms with Crippen LogP contribution < -0.4 is 16.2 Å². The Kier molecular flexibility index (Phi) is 6.91. The average molecular weight is 353 g/mol. The van der Waals surface area contributed by atoms with E-state index in [0.29, 0.717) is 5.56 Å². The smallest absolute Gasteiger partial charge is 0.269 e. The van der Waals surface area contributed by atoms with Crippen LogP contribution >= 0.6 is 0 Å². The zero-order valence-electron chi connectivity index (χ0n) is 14.9. The van der Waals surface area contributed by atoms with E-state index in [-0.39, 0.29) is 18.2 Å². The van der Waals surface area contributed by atoms with Crippen molar-refractivity contribution in [2.24, 2.45) is 5.92 Å². The van der Waals surface area contributed by atoms with E-state index in [9.17, 15) is 14.4 Å². The van der Waals surface area contributed by atoms with Crippen molar-refractivity contribution in [3.05, 3.63) is 71.8 Å². The summed E-state index contributed by atoms with van der Waals surface area (Å²) in [5, 5.41) is 2.73. The molecule has 3 amide bonds. The molecule has 6 nitrogen and oxygen atoms in total. The number of carbonyl (C=O) groups is 3. The molecule has 0 saturated heterocycles. The zero-order chi connectivity index (χ0) is 18.9. The summed E-state index contributed by atoms with van der Waals surface area (Å²) < 4.78 is 0. The molecule has 0 radical (unpaired) electrons. The molecule has 6 heteroatoms. The summed E-state index contributed by atoms with van der Waals surface area (Å²) in [7, 11) is 0. The number of amides is 3. The Morgan fingerprint density at radius 3 is 2.00 bits per heavy atom. The minimum Gasteiger partial charge on any atom is -0.344 e. The van der Waals surface area contributed by atoms with Gasteiger partial charge in [0.25, 0.3) is 11.8 Å². The van der Waals surface area contributed by atoms with Crippen LogP contribution in [0.3, 0.4) is 0 Å². The first-order chi connectivity index (χ1) is 12.5. The second kappa shape index (κ2) is 9.36. The fourth-order valence-corrected chi connectivity index (χ4v) is 2.40. The lowest BCUT2D eigenvalue weighted by molar-refractivity contribution is -0.130. The molecule has 0 aliphatic heterocycles. The lowest BCUT2D eigenvalue weighted by Gasteiger charge is -2.22. The maximum Gasteiger partial charge on any atom is 0.269 e. The van der Waals surface area contributed by atoms with Crippen LogP contribution in [0.5, 0.6) is 0 Å². The zero-order valence-corrected chi connectivity index (χ0v) is 14.9. The van der Waals surface area contributed by atoms with E-state index in [1.807, 2.05) is 44.2 Å². The molecule has 136 valence electrons. The summed E-state index contributed by atoms with van der Waals surface area (Å²) in [6.45, 7) is 3.65. The Morgan fingerprint density at radius 2 is 1.42 bits per heavy atom. The summed E-state index contributed by atoms with van der Waals surface area (Å²) >= 11 is 0. The number of carbonyl (C=O) groups excluding carboxylic acids is 3. The SMILES string of the molecule is CC(C)[C@H](NC(=O)Cc1ccccc1)C(=O)NNC(=O)c1ccccc1. The molecule has 26 heavy (non-hydrogen) atoms. The normalized spacial score (nSPS) is 11.5. The van der Waals surface area contributed by atoms with Gasteiger partial charge in [0, 0.05) is 5.56 Å². The number of hydrogen-bond acceptors (Lipinski definition) is 3. The van der Waals surface area contributed by atoms with Crippen LogP contribution in [-0.2, 0) is 16.0 Å². The highest BCUT2D eigenvalue weighted by Gasteiger charge is 2.24. The summed E-state index contributed by atoms with van der Waals surface area (Å²) in [5.74, 6) is -1.27. The van der Waals surface area contributed by atoms with Crippen LogP contribution in [0.25, 0.3) is 0 Å². The highest BCUT2D eigenvalue weighted by molar-refractivity contribution is 5.96. The van der Waals surface area contributed by atoms with Gasteiger partial charge >= 0.3 is 0 Å². The van der Waals surface area contributed by atoms with Crippen LogP contribution in [-0.4, -0.2) is 23.8 Å². The molecule has 0 saturated carbocycles. The van der Waals surface area contributed by atoms with Crippen molar-refractivity contribution in [3.63, 3.8) is 0 Å². The highest BCUT2D eigenvalue weighted by atomic mass is 16.2. The van der Waals surface area contributed by atoms with Gasteiger partial charge in [-0.2, -0.15) is 0 Å². The quantitative estimate of drug-likeness (QED) is 0.693. The number of benzene rings is 2. The van der Waals surface area contributed by atoms with Gasteiger partial charge < -0.3 is 5.32 Å². The standard InChI is InChI=1S/C20H23N3O3/c1-14(2)18(21-17(24)13-15-9-5-3-6-10-15)20(26)23-22-19(25)16-11-7-4-8-12-16/h3-12,14,18H,13H2,1-2H3,(H,21,24)(H,22,25)(H,23,26)/t18-/m0/s1. The van der Waals surface area contributed by atoms with Crippen LogP contribution in [0.4, 0.5) is 0 Å². The van der Waals surface area contributed by atoms with Crippen molar-refractivity contribution < 1.29 is 14.4 Å². The van der Waals surface area contributed by atoms with Gasteiger partial charge in [-0.1, -0.05) is 62.4 Å². The van der Waals surface area contributed by atoms with Crippen molar-refractivity contribution in [2.75, 3.05) is 0 Å². The third kappa shape index (κ3) is 5.73. The first kappa shape index (κ1) is 19.2. The molecule has 2 aromatic rings. The third-order valence-corrected chi connectivity index (χ3v) is 3.81. The van der Waals surface area contributed by atoms with Gasteiger partial charge in [-0.15, -0.1) is 0 Å². The average Bonchev–Trinajstić information content (AvgIpc) is 2.65. The van der Waals surface area contributed by atoms with E-state index in [4.69, 9.17) is 0 Å². The molecule has 0 aliphatic carbocycles. The molecule has 2 aromatic carbocycles. The minimum absolute atomic E-state index is 0.136. The van der Waals surface area contributed by atoms with Gasteiger partial charge in [0.1, 0.15) is 6.04 Å². The lowest BCUT2D eigenvalue weighted by atomic mass is 10.0. The molecule has 2 rings (SSSR count). The molecule has 0 spiro atoms. The molecule has 0 unspecified atom stereocenters. The van der Waals surface area contributed by atoms with E-state index >= 15 is 0 Å². The summed E-state index contributed by atoms with van der Waals surface area (Å²) in [4.78, 5) is 36.6. The Balaban J connectivity index is 1.90. The predicted molar refractivity (Wildman–Crippen MR) is 99.0 cm³/mol. The van der Waals surface area contributed by atoms with Crippen molar-refractivity contribution in [1.82, 2.24) is 16.2 Å². The number of nitrogens with one attached hydrogen (secondary N) is 3. The number of hydrazine groups is 1. The van der Waals surface area contributed by atoms with Crippen molar-refractivity contribution in [3.8, 4) is 0 Å². The van der Waals surface area contributed by atoms with E-state index in [1.54, 1.807) is 30.3 Å². The fraction of sp³-hybridized carbons (Fsp3) is 0.250. The van der Waals surface area contributed by atoms with E-state index < -0.39 is 17.9 Å². The second-order valence-corrected chi connectivity index (χ2v) is 6.26. The van der Waals surface area contributed by atoms with E-state index in [1.165, 1.54) is 0 Å². The van der Waals surface area contributed by atoms with Crippen molar-refractivity contribution >= 4 is 17.7 Å². The van der Waals surface area contributed by atoms with Gasteiger partial charge in [0.2, 0.25) is 5.91 Å². The van der Waals surface area contributed by atoms with Crippen molar-refractivity contribution in [2.45, 2.75) is 26.3 Å². The molecule has 1 atom stereocenters. The Bertz CT molecular complexity index is 745. The van der Waals surface area contributed by atoms with E-state index in [0.717, 1.165) is 5.56 Å². The number of rotatable bonds is 6. The van der Waals surface area contributed by atoms with Gasteiger partial charge in [0.05, 0.1) is 6.42 Å². The fourth-order valence-electron chi connectivity index (χ4n) is 2.40. The largest absolute Gasteiger partial charge is 0.344 e. The molecule has 0 aromatic heterocycles. The predicted octanol–water partition coefficient (Wildman–Crippen LogP) is 1.83. The van der Waals surface area contributed by atoms with Gasteiger partial charge in [-0.25, -0.2) is 0 Å². The lowest BCUT2D eigenvalue weighted by Crippen LogP contribution is -2.54. The van der Waals surface area contributed by atoms with Crippen molar-refractivity contribution in [1.29, 1.82) is 0 Å². The molecular weight excluding hydrogens is 330 g/mol. The van der Waals surface area contributed by atoms with Gasteiger partial charge in [-0.3, -0.25) is 25.2 Å². The molecule has 0 fully saturated rings. The van der Waals surface area contributed by atoms with Crippen LogP contribution in [0.2, 0.25) is 0 Å². The van der Waals surface area contributed by atoms with Gasteiger partial charge in [0.15, 0.2) is 0 Å². The van der Waals surface area contributed by atoms with Crippen LogP contribution in [0.1, 0.15) is 29.8 Å². The van der Waals surface area contributed by atoms with Crippen LogP contribution in [0.15, 0.2) is 60.7 Å². The molecular formula is C20H23N3O3.